The quantitative estimate of drug-likeness (QED) is 0.724. The van der Waals surface area contributed by atoms with Crippen molar-refractivity contribution in [3.05, 3.63) is 12.2 Å². The van der Waals surface area contributed by atoms with Crippen molar-refractivity contribution in [2.75, 3.05) is 6.61 Å². The van der Waals surface area contributed by atoms with E-state index >= 15 is 0 Å². The first-order chi connectivity index (χ1) is 10.9. The smallest absolute Gasteiger partial charge is 0.139 e. The van der Waals surface area contributed by atoms with Crippen LogP contribution in [0.3, 0.4) is 0 Å². The molecular weight excluding hydrogens is 286 g/mol. The van der Waals surface area contributed by atoms with Gasteiger partial charge in [-0.3, -0.25) is 4.79 Å². The second-order valence-corrected chi connectivity index (χ2v) is 8.91. The van der Waals surface area contributed by atoms with Crippen LogP contribution in [0.1, 0.15) is 58.3 Å². The molecule has 0 amide bonds. The molecule has 6 atom stereocenters. The van der Waals surface area contributed by atoms with E-state index in [1.165, 1.54) is 5.57 Å². The Morgan fingerprint density at radius 2 is 2.00 bits per heavy atom. The SMILES string of the molecule is C=C1CC2C(CC[C@]3(C)C(=O)CCC23)[C@@]2(CO)CCC(=N)CC12. The number of hydrogen-bond donors (Lipinski definition) is 2. The minimum atomic E-state index is -0.119. The lowest BCUT2D eigenvalue weighted by Gasteiger charge is -2.60. The number of carbonyl (C=O) groups excluding carboxylic acids is 1. The average molecular weight is 315 g/mol. The summed E-state index contributed by atoms with van der Waals surface area (Å²) < 4.78 is 0. The van der Waals surface area contributed by atoms with E-state index in [0.29, 0.717) is 23.5 Å². The van der Waals surface area contributed by atoms with Gasteiger partial charge in [-0.05, 0) is 68.6 Å². The Balaban J connectivity index is 1.73. The normalized spacial score (nSPS) is 49.6. The molecule has 0 aliphatic heterocycles. The van der Waals surface area contributed by atoms with Crippen molar-refractivity contribution in [3.63, 3.8) is 0 Å². The number of aliphatic hydroxyl groups is 1. The van der Waals surface area contributed by atoms with Crippen LogP contribution in [0.4, 0.5) is 0 Å². The van der Waals surface area contributed by atoms with Crippen molar-refractivity contribution in [1.82, 2.24) is 0 Å². The standard InChI is InChI=1S/C20H29NO2/c1-12-9-14-15-3-4-18(23)19(15,2)7-6-16(14)20(11-22)8-5-13(21)10-17(12)20/h14-17,21-22H,1,3-11H2,2H3/t14?,15?,16?,17?,19-,20-/m0/s1. The zero-order valence-electron chi connectivity index (χ0n) is 14.2. The van der Waals surface area contributed by atoms with Crippen LogP contribution in [0.2, 0.25) is 0 Å². The number of ketones is 1. The fourth-order valence-corrected chi connectivity index (χ4v) is 6.91. The highest BCUT2D eigenvalue weighted by molar-refractivity contribution is 5.87. The molecule has 3 heteroatoms. The van der Waals surface area contributed by atoms with E-state index in [1.807, 2.05) is 0 Å². The Hall–Kier alpha value is -0.960. The van der Waals surface area contributed by atoms with Gasteiger partial charge >= 0.3 is 0 Å². The van der Waals surface area contributed by atoms with Gasteiger partial charge < -0.3 is 10.5 Å². The molecule has 4 aliphatic rings. The maximum absolute atomic E-state index is 12.5. The monoisotopic (exact) mass is 315 g/mol. The van der Waals surface area contributed by atoms with E-state index in [4.69, 9.17) is 5.41 Å². The van der Waals surface area contributed by atoms with E-state index in [0.717, 1.165) is 57.1 Å². The first-order valence-corrected chi connectivity index (χ1v) is 9.30. The summed E-state index contributed by atoms with van der Waals surface area (Å²) in [6.07, 6.45) is 7.42. The highest BCUT2D eigenvalue weighted by atomic mass is 16.3. The highest BCUT2D eigenvalue weighted by Crippen LogP contribution is 2.66. The van der Waals surface area contributed by atoms with Crippen LogP contribution in [-0.2, 0) is 4.79 Å². The van der Waals surface area contributed by atoms with Crippen molar-refractivity contribution >= 4 is 11.5 Å². The second kappa shape index (κ2) is 5.02. The minimum absolute atomic E-state index is 0.0719. The Morgan fingerprint density at radius 1 is 1.22 bits per heavy atom. The summed E-state index contributed by atoms with van der Waals surface area (Å²) in [5, 5.41) is 18.5. The number of rotatable bonds is 1. The largest absolute Gasteiger partial charge is 0.396 e. The molecule has 0 aromatic rings. The summed E-state index contributed by atoms with van der Waals surface area (Å²) in [4.78, 5) is 12.5. The Morgan fingerprint density at radius 3 is 2.74 bits per heavy atom. The summed E-state index contributed by atoms with van der Waals surface area (Å²) in [6.45, 7) is 6.80. The molecule has 0 spiro atoms. The van der Waals surface area contributed by atoms with Gasteiger partial charge in [0.15, 0.2) is 0 Å². The van der Waals surface area contributed by atoms with Crippen molar-refractivity contribution in [2.45, 2.75) is 58.3 Å². The third kappa shape index (κ3) is 1.92. The van der Waals surface area contributed by atoms with Crippen LogP contribution >= 0.6 is 0 Å². The molecule has 126 valence electrons. The number of allylic oxidation sites excluding steroid dienone is 1. The van der Waals surface area contributed by atoms with Crippen LogP contribution in [0, 0.1) is 39.9 Å². The third-order valence-corrected chi connectivity index (χ3v) is 8.21. The molecule has 4 fully saturated rings. The van der Waals surface area contributed by atoms with Crippen LogP contribution in [0.5, 0.6) is 0 Å². The molecule has 0 aromatic heterocycles. The predicted octanol–water partition coefficient (Wildman–Crippen LogP) is 3.76. The number of aliphatic hydroxyl groups excluding tert-OH is 1. The predicted molar refractivity (Wildman–Crippen MR) is 90.4 cm³/mol. The van der Waals surface area contributed by atoms with Gasteiger partial charge in [-0.15, -0.1) is 0 Å². The molecule has 0 radical (unpaired) electrons. The first kappa shape index (κ1) is 15.6. The van der Waals surface area contributed by atoms with Crippen LogP contribution in [0.15, 0.2) is 12.2 Å². The zero-order chi connectivity index (χ0) is 16.4. The third-order valence-electron chi connectivity index (χ3n) is 8.21. The number of Topliss-reactive ketones (excluding diaryl/α,β-unsaturated/α-hetero) is 1. The van der Waals surface area contributed by atoms with Gasteiger partial charge in [0.2, 0.25) is 0 Å². The van der Waals surface area contributed by atoms with Crippen LogP contribution in [-0.4, -0.2) is 23.2 Å². The molecule has 0 aromatic carbocycles. The van der Waals surface area contributed by atoms with Gasteiger partial charge in [0.1, 0.15) is 5.78 Å². The molecule has 4 aliphatic carbocycles. The zero-order valence-corrected chi connectivity index (χ0v) is 14.2. The summed E-state index contributed by atoms with van der Waals surface area (Å²) >= 11 is 0. The number of hydrogen-bond acceptors (Lipinski definition) is 3. The maximum atomic E-state index is 12.5. The summed E-state index contributed by atoms with van der Waals surface area (Å²) in [6, 6.07) is 0. The summed E-state index contributed by atoms with van der Waals surface area (Å²) in [7, 11) is 0. The van der Waals surface area contributed by atoms with Crippen molar-refractivity contribution < 1.29 is 9.90 Å². The Labute approximate surface area is 139 Å². The minimum Gasteiger partial charge on any atom is -0.396 e. The van der Waals surface area contributed by atoms with E-state index < -0.39 is 0 Å². The van der Waals surface area contributed by atoms with E-state index in [-0.39, 0.29) is 23.4 Å². The molecule has 23 heavy (non-hydrogen) atoms. The second-order valence-electron chi connectivity index (χ2n) is 8.91. The van der Waals surface area contributed by atoms with Gasteiger partial charge in [-0.1, -0.05) is 19.1 Å². The van der Waals surface area contributed by atoms with E-state index in [2.05, 4.69) is 13.5 Å². The van der Waals surface area contributed by atoms with E-state index in [1.54, 1.807) is 0 Å². The van der Waals surface area contributed by atoms with Crippen LogP contribution in [0.25, 0.3) is 0 Å². The van der Waals surface area contributed by atoms with Crippen molar-refractivity contribution in [1.29, 1.82) is 5.41 Å². The average Bonchev–Trinajstić information content (AvgIpc) is 2.84. The lowest BCUT2D eigenvalue weighted by atomic mass is 9.44. The molecular formula is C20H29NO2. The number of carbonyl (C=O) groups is 1. The van der Waals surface area contributed by atoms with Crippen molar-refractivity contribution in [2.24, 2.45) is 34.5 Å². The Kier molecular flexibility index (Phi) is 3.39. The van der Waals surface area contributed by atoms with Gasteiger partial charge in [0.25, 0.3) is 0 Å². The van der Waals surface area contributed by atoms with Gasteiger partial charge in [0, 0.05) is 29.6 Å². The highest BCUT2D eigenvalue weighted by Gasteiger charge is 2.61. The van der Waals surface area contributed by atoms with Gasteiger partial charge in [-0.25, -0.2) is 0 Å². The lowest BCUT2D eigenvalue weighted by molar-refractivity contribution is -0.138. The molecule has 0 bridgehead atoms. The molecule has 4 saturated carbocycles. The Bertz CT molecular complexity index is 582. The first-order valence-electron chi connectivity index (χ1n) is 9.30. The summed E-state index contributed by atoms with van der Waals surface area (Å²) in [5.74, 6) is 2.27. The van der Waals surface area contributed by atoms with Crippen molar-refractivity contribution in [3.8, 4) is 0 Å². The lowest BCUT2D eigenvalue weighted by Crippen LogP contribution is -2.56. The number of nitrogens with one attached hydrogen (secondary N) is 1. The molecule has 0 saturated heterocycles. The van der Waals surface area contributed by atoms with Crippen LogP contribution < -0.4 is 0 Å². The van der Waals surface area contributed by atoms with Gasteiger partial charge in [0.05, 0.1) is 0 Å². The maximum Gasteiger partial charge on any atom is 0.139 e. The van der Waals surface area contributed by atoms with Gasteiger partial charge in [-0.2, -0.15) is 0 Å². The summed E-state index contributed by atoms with van der Waals surface area (Å²) in [5.41, 5.74) is 1.88. The number of fused-ring (bicyclic) bond motifs is 5. The molecule has 0 heterocycles. The van der Waals surface area contributed by atoms with E-state index in [9.17, 15) is 9.90 Å². The molecule has 2 N–H and O–H groups in total. The topological polar surface area (TPSA) is 61.1 Å². The fraction of sp³-hybridized carbons (Fsp3) is 0.800. The molecule has 3 nitrogen and oxygen atoms in total. The molecule has 4 rings (SSSR count). The molecule has 4 unspecified atom stereocenters. The fourth-order valence-electron chi connectivity index (χ4n) is 6.91.